The van der Waals surface area contributed by atoms with Crippen LogP contribution in [-0.2, 0) is 4.74 Å². The van der Waals surface area contributed by atoms with Crippen LogP contribution in [0.15, 0.2) is 30.3 Å². The van der Waals surface area contributed by atoms with Gasteiger partial charge in [0.15, 0.2) is 0 Å². The lowest BCUT2D eigenvalue weighted by Crippen LogP contribution is -2.36. The third kappa shape index (κ3) is 1.89. The van der Waals surface area contributed by atoms with E-state index in [0.29, 0.717) is 0 Å². The van der Waals surface area contributed by atoms with Gasteiger partial charge in [0.1, 0.15) is 0 Å². The Morgan fingerprint density at radius 1 is 1.06 bits per heavy atom. The van der Waals surface area contributed by atoms with Crippen molar-refractivity contribution in [3.63, 3.8) is 0 Å². The molecular formula is C15H20O. The fourth-order valence-corrected chi connectivity index (χ4v) is 3.41. The third-order valence-corrected chi connectivity index (χ3v) is 4.28. The average Bonchev–Trinajstić information content (AvgIpc) is 2.78. The van der Waals surface area contributed by atoms with Gasteiger partial charge in [0, 0.05) is 6.61 Å². The average molecular weight is 216 g/mol. The van der Waals surface area contributed by atoms with E-state index in [4.69, 9.17) is 4.74 Å². The summed E-state index contributed by atoms with van der Waals surface area (Å²) in [5, 5.41) is 0. The molecule has 16 heavy (non-hydrogen) atoms. The molecule has 1 aliphatic carbocycles. The van der Waals surface area contributed by atoms with E-state index < -0.39 is 0 Å². The fraction of sp³-hybridized carbons (Fsp3) is 0.600. The van der Waals surface area contributed by atoms with E-state index in [0.717, 1.165) is 12.5 Å². The van der Waals surface area contributed by atoms with Gasteiger partial charge in [-0.1, -0.05) is 43.2 Å². The molecule has 1 aliphatic heterocycles. The van der Waals surface area contributed by atoms with Gasteiger partial charge in [-0.05, 0) is 37.2 Å². The number of hydrogen-bond donors (Lipinski definition) is 0. The van der Waals surface area contributed by atoms with Crippen LogP contribution < -0.4 is 0 Å². The standard InChI is InChI=1S/C15H20O/c1-2-6-13(7-3-1)14-8-11-16-15(12-14)9-4-5-10-15/h1-3,6-7,14H,4-5,8-12H2. The lowest BCUT2D eigenvalue weighted by Gasteiger charge is -2.38. The Morgan fingerprint density at radius 3 is 2.56 bits per heavy atom. The molecule has 1 nitrogen and oxygen atoms in total. The number of rotatable bonds is 1. The number of ether oxygens (including phenoxy) is 1. The number of benzene rings is 1. The van der Waals surface area contributed by atoms with Gasteiger partial charge in [-0.25, -0.2) is 0 Å². The summed E-state index contributed by atoms with van der Waals surface area (Å²) in [5.74, 6) is 0.730. The van der Waals surface area contributed by atoms with E-state index in [1.165, 1.54) is 44.1 Å². The first-order chi connectivity index (χ1) is 7.88. The van der Waals surface area contributed by atoms with Gasteiger partial charge in [0.05, 0.1) is 5.60 Å². The molecule has 0 radical (unpaired) electrons. The Morgan fingerprint density at radius 2 is 1.81 bits per heavy atom. The topological polar surface area (TPSA) is 9.23 Å². The van der Waals surface area contributed by atoms with Crippen LogP contribution in [0, 0.1) is 0 Å². The van der Waals surface area contributed by atoms with Crippen molar-refractivity contribution in [3.8, 4) is 0 Å². The van der Waals surface area contributed by atoms with Crippen LogP contribution in [0.5, 0.6) is 0 Å². The zero-order valence-electron chi connectivity index (χ0n) is 9.82. The molecule has 1 spiro atoms. The Bertz CT molecular complexity index is 338. The van der Waals surface area contributed by atoms with Crippen LogP contribution in [-0.4, -0.2) is 12.2 Å². The summed E-state index contributed by atoms with van der Waals surface area (Å²) in [7, 11) is 0. The van der Waals surface area contributed by atoms with E-state index in [9.17, 15) is 0 Å². The predicted molar refractivity (Wildman–Crippen MR) is 65.6 cm³/mol. The highest BCUT2D eigenvalue weighted by atomic mass is 16.5. The van der Waals surface area contributed by atoms with E-state index in [1.807, 2.05) is 0 Å². The minimum Gasteiger partial charge on any atom is -0.375 e. The maximum Gasteiger partial charge on any atom is 0.0688 e. The van der Waals surface area contributed by atoms with Crippen LogP contribution in [0.1, 0.15) is 50.0 Å². The van der Waals surface area contributed by atoms with Crippen molar-refractivity contribution in [2.24, 2.45) is 0 Å². The van der Waals surface area contributed by atoms with E-state index in [2.05, 4.69) is 30.3 Å². The zero-order chi connectivity index (χ0) is 10.8. The Labute approximate surface area is 97.8 Å². The van der Waals surface area contributed by atoms with Crippen LogP contribution in [0.2, 0.25) is 0 Å². The highest BCUT2D eigenvalue weighted by Gasteiger charge is 2.40. The lowest BCUT2D eigenvalue weighted by atomic mass is 9.81. The summed E-state index contributed by atoms with van der Waals surface area (Å²) in [6.45, 7) is 0.958. The van der Waals surface area contributed by atoms with Gasteiger partial charge in [0.25, 0.3) is 0 Å². The third-order valence-electron chi connectivity index (χ3n) is 4.28. The lowest BCUT2D eigenvalue weighted by molar-refractivity contribution is -0.0804. The zero-order valence-corrected chi connectivity index (χ0v) is 9.82. The molecule has 1 heteroatoms. The number of hydrogen-bond acceptors (Lipinski definition) is 1. The van der Waals surface area contributed by atoms with Gasteiger partial charge < -0.3 is 4.74 Å². The monoisotopic (exact) mass is 216 g/mol. The predicted octanol–water partition coefficient (Wildman–Crippen LogP) is 3.89. The second-order valence-corrected chi connectivity index (χ2v) is 5.34. The second kappa shape index (κ2) is 4.21. The minimum absolute atomic E-state index is 0.249. The molecule has 1 heterocycles. The molecule has 2 aliphatic rings. The Kier molecular flexibility index (Phi) is 2.72. The second-order valence-electron chi connectivity index (χ2n) is 5.34. The molecule has 0 aromatic heterocycles. The first-order valence-corrected chi connectivity index (χ1v) is 6.57. The molecule has 0 bridgehead atoms. The van der Waals surface area contributed by atoms with E-state index >= 15 is 0 Å². The fourth-order valence-electron chi connectivity index (χ4n) is 3.41. The summed E-state index contributed by atoms with van der Waals surface area (Å²) >= 11 is 0. The SMILES string of the molecule is c1ccc(C2CCOC3(CCCC3)C2)cc1. The van der Waals surface area contributed by atoms with Crippen LogP contribution in [0.4, 0.5) is 0 Å². The molecule has 3 rings (SSSR count). The molecule has 1 saturated carbocycles. The van der Waals surface area contributed by atoms with E-state index in [1.54, 1.807) is 0 Å². The molecule has 1 unspecified atom stereocenters. The summed E-state index contributed by atoms with van der Waals surface area (Å²) in [5.41, 5.74) is 1.76. The minimum atomic E-state index is 0.249. The molecule has 1 saturated heterocycles. The molecule has 1 atom stereocenters. The molecule has 1 aromatic carbocycles. The summed E-state index contributed by atoms with van der Waals surface area (Å²) in [6.07, 6.45) is 7.75. The Hall–Kier alpha value is -0.820. The molecule has 1 aromatic rings. The smallest absolute Gasteiger partial charge is 0.0688 e. The van der Waals surface area contributed by atoms with Gasteiger partial charge in [-0.3, -0.25) is 0 Å². The van der Waals surface area contributed by atoms with Gasteiger partial charge in [-0.2, -0.15) is 0 Å². The normalized spacial score (nSPS) is 28.4. The highest BCUT2D eigenvalue weighted by molar-refractivity contribution is 5.21. The van der Waals surface area contributed by atoms with Gasteiger partial charge in [-0.15, -0.1) is 0 Å². The summed E-state index contributed by atoms with van der Waals surface area (Å²) in [4.78, 5) is 0. The maximum atomic E-state index is 6.08. The highest BCUT2D eigenvalue weighted by Crippen LogP contribution is 2.44. The van der Waals surface area contributed by atoms with Crippen molar-refractivity contribution < 1.29 is 4.74 Å². The van der Waals surface area contributed by atoms with Crippen molar-refractivity contribution in [1.82, 2.24) is 0 Å². The Balaban J connectivity index is 1.77. The molecule has 0 amide bonds. The van der Waals surface area contributed by atoms with Crippen molar-refractivity contribution in [2.45, 2.75) is 50.0 Å². The maximum absolute atomic E-state index is 6.08. The van der Waals surface area contributed by atoms with Crippen molar-refractivity contribution >= 4 is 0 Å². The van der Waals surface area contributed by atoms with Crippen LogP contribution >= 0.6 is 0 Å². The quantitative estimate of drug-likeness (QED) is 0.692. The largest absolute Gasteiger partial charge is 0.375 e. The summed E-state index contributed by atoms with van der Waals surface area (Å²) in [6, 6.07) is 11.0. The molecule has 2 fully saturated rings. The molecule has 0 N–H and O–H groups in total. The van der Waals surface area contributed by atoms with Crippen molar-refractivity contribution in [3.05, 3.63) is 35.9 Å². The molecular weight excluding hydrogens is 196 g/mol. The van der Waals surface area contributed by atoms with Crippen molar-refractivity contribution in [2.75, 3.05) is 6.61 Å². The first-order valence-electron chi connectivity index (χ1n) is 6.57. The van der Waals surface area contributed by atoms with Crippen molar-refractivity contribution in [1.29, 1.82) is 0 Å². The van der Waals surface area contributed by atoms with E-state index in [-0.39, 0.29) is 5.60 Å². The molecule has 86 valence electrons. The van der Waals surface area contributed by atoms with Crippen LogP contribution in [0.25, 0.3) is 0 Å². The van der Waals surface area contributed by atoms with Crippen LogP contribution in [0.3, 0.4) is 0 Å². The van der Waals surface area contributed by atoms with Gasteiger partial charge in [0.2, 0.25) is 0 Å². The van der Waals surface area contributed by atoms with Gasteiger partial charge >= 0.3 is 0 Å². The first kappa shape index (κ1) is 10.3. The summed E-state index contributed by atoms with van der Waals surface area (Å²) < 4.78 is 6.08.